The van der Waals surface area contributed by atoms with Crippen molar-refractivity contribution in [3.05, 3.63) is 40.7 Å². The molecule has 100 valence electrons. The first-order chi connectivity index (χ1) is 9.22. The van der Waals surface area contributed by atoms with Gasteiger partial charge in [-0.15, -0.1) is 0 Å². The van der Waals surface area contributed by atoms with E-state index in [1.54, 1.807) is 7.11 Å². The normalized spacial score (nSPS) is 17.1. The number of anilines is 1. The molecular formula is C15H18N2O2. The Morgan fingerprint density at radius 1 is 1.37 bits per heavy atom. The molecule has 4 nitrogen and oxygen atoms in total. The number of hydrogen-bond acceptors (Lipinski definition) is 3. The third kappa shape index (κ3) is 2.24. The van der Waals surface area contributed by atoms with Gasteiger partial charge in [0.1, 0.15) is 5.82 Å². The van der Waals surface area contributed by atoms with Crippen molar-refractivity contribution in [1.82, 2.24) is 4.98 Å². The first kappa shape index (κ1) is 12.2. The van der Waals surface area contributed by atoms with Crippen LogP contribution in [0.4, 0.5) is 5.82 Å². The van der Waals surface area contributed by atoms with Crippen LogP contribution in [-0.2, 0) is 4.74 Å². The molecule has 0 atom stereocenters. The van der Waals surface area contributed by atoms with Crippen LogP contribution in [0.25, 0.3) is 10.8 Å². The summed E-state index contributed by atoms with van der Waals surface area (Å²) in [4.78, 5) is 14.8. The predicted molar refractivity (Wildman–Crippen MR) is 76.6 cm³/mol. The average Bonchev–Trinajstić information content (AvgIpc) is 2.38. The lowest BCUT2D eigenvalue weighted by Crippen LogP contribution is -2.45. The second-order valence-electron chi connectivity index (χ2n) is 5.19. The molecule has 0 amide bonds. The van der Waals surface area contributed by atoms with Gasteiger partial charge in [0.2, 0.25) is 0 Å². The van der Waals surface area contributed by atoms with E-state index in [9.17, 15) is 4.79 Å². The van der Waals surface area contributed by atoms with Crippen LogP contribution < -0.4 is 10.9 Å². The molecule has 0 aliphatic heterocycles. The molecule has 1 aromatic heterocycles. The van der Waals surface area contributed by atoms with Crippen molar-refractivity contribution in [2.24, 2.45) is 0 Å². The number of benzene rings is 1. The highest BCUT2D eigenvalue weighted by molar-refractivity contribution is 5.83. The van der Waals surface area contributed by atoms with Gasteiger partial charge in [-0.2, -0.15) is 0 Å². The predicted octanol–water partition coefficient (Wildman–Crippen LogP) is 2.51. The molecule has 2 N–H and O–H groups in total. The number of H-pyrrole nitrogens is 1. The fourth-order valence-corrected chi connectivity index (χ4v) is 2.59. The number of nitrogens with one attached hydrogen (secondary N) is 2. The second kappa shape index (κ2) is 4.70. The first-order valence-corrected chi connectivity index (χ1v) is 6.64. The fourth-order valence-electron chi connectivity index (χ4n) is 2.59. The minimum atomic E-state index is -0.0549. The summed E-state index contributed by atoms with van der Waals surface area (Å²) in [5.41, 5.74) is -0.108. The molecule has 3 rings (SSSR count). The van der Waals surface area contributed by atoms with Gasteiger partial charge in [-0.05, 0) is 36.8 Å². The van der Waals surface area contributed by atoms with Gasteiger partial charge in [-0.3, -0.25) is 4.79 Å². The first-order valence-electron chi connectivity index (χ1n) is 6.64. The summed E-state index contributed by atoms with van der Waals surface area (Å²) in [5.74, 6) is 0.757. The van der Waals surface area contributed by atoms with Crippen molar-refractivity contribution in [1.29, 1.82) is 0 Å². The molecule has 19 heavy (non-hydrogen) atoms. The van der Waals surface area contributed by atoms with Crippen LogP contribution in [0.15, 0.2) is 35.1 Å². The van der Waals surface area contributed by atoms with E-state index in [2.05, 4.69) is 10.3 Å². The molecule has 1 aromatic carbocycles. The highest BCUT2D eigenvalue weighted by Crippen LogP contribution is 2.34. The smallest absolute Gasteiger partial charge is 0.257 e. The minimum absolute atomic E-state index is 0.0530. The van der Waals surface area contributed by atoms with Crippen LogP contribution in [0, 0.1) is 0 Å². The monoisotopic (exact) mass is 258 g/mol. The van der Waals surface area contributed by atoms with Crippen molar-refractivity contribution >= 4 is 16.6 Å². The Morgan fingerprint density at radius 2 is 2.16 bits per heavy atom. The van der Waals surface area contributed by atoms with Gasteiger partial charge in [-0.1, -0.05) is 18.2 Å². The van der Waals surface area contributed by atoms with Crippen molar-refractivity contribution in [3.63, 3.8) is 0 Å². The van der Waals surface area contributed by atoms with E-state index in [0.29, 0.717) is 0 Å². The Kier molecular flexibility index (Phi) is 3.03. The summed E-state index contributed by atoms with van der Waals surface area (Å²) in [7, 11) is 1.75. The molecule has 1 fully saturated rings. The molecule has 1 aliphatic rings. The lowest BCUT2D eigenvalue weighted by Gasteiger charge is -2.40. The van der Waals surface area contributed by atoms with Gasteiger partial charge in [0.25, 0.3) is 5.56 Å². The van der Waals surface area contributed by atoms with E-state index in [1.807, 2.05) is 30.3 Å². The maximum Gasteiger partial charge on any atom is 0.257 e. The van der Waals surface area contributed by atoms with Crippen LogP contribution in [0.2, 0.25) is 0 Å². The Bertz CT molecular complexity index is 638. The number of methoxy groups -OCH3 is 1. The summed E-state index contributed by atoms with van der Waals surface area (Å²) in [5, 5.41) is 4.96. The van der Waals surface area contributed by atoms with Gasteiger partial charge in [0.05, 0.1) is 5.60 Å². The van der Waals surface area contributed by atoms with Crippen LogP contribution >= 0.6 is 0 Å². The molecule has 0 bridgehead atoms. The Hall–Kier alpha value is -1.81. The number of rotatable bonds is 4. The van der Waals surface area contributed by atoms with E-state index in [4.69, 9.17) is 4.74 Å². The standard InChI is InChI=1S/C15H18N2O2/c1-19-15(7-4-8-15)10-16-13-9-11-5-2-3-6-12(11)14(18)17-13/h2-3,5-6,9H,4,7-8,10H2,1H3,(H2,16,17,18). The third-order valence-corrected chi connectivity index (χ3v) is 4.05. The molecule has 0 spiro atoms. The summed E-state index contributed by atoms with van der Waals surface area (Å²) in [6.07, 6.45) is 3.37. The van der Waals surface area contributed by atoms with Gasteiger partial charge in [-0.25, -0.2) is 0 Å². The zero-order chi connectivity index (χ0) is 13.3. The molecule has 2 aromatic rings. The topological polar surface area (TPSA) is 54.1 Å². The number of aromatic amines is 1. The van der Waals surface area contributed by atoms with E-state index in [0.717, 1.165) is 36.0 Å². The van der Waals surface area contributed by atoms with Crippen LogP contribution in [0.1, 0.15) is 19.3 Å². The van der Waals surface area contributed by atoms with Crippen molar-refractivity contribution in [2.75, 3.05) is 19.0 Å². The maximum atomic E-state index is 12.0. The fraction of sp³-hybridized carbons (Fsp3) is 0.400. The van der Waals surface area contributed by atoms with Gasteiger partial charge in [0.15, 0.2) is 0 Å². The number of aromatic nitrogens is 1. The SMILES string of the molecule is COC1(CNc2cc3ccccc3c(=O)[nH]2)CCC1. The van der Waals surface area contributed by atoms with Crippen LogP contribution in [0.5, 0.6) is 0 Å². The number of hydrogen-bond donors (Lipinski definition) is 2. The average molecular weight is 258 g/mol. The second-order valence-corrected chi connectivity index (χ2v) is 5.19. The maximum absolute atomic E-state index is 12.0. The third-order valence-electron chi connectivity index (χ3n) is 4.05. The minimum Gasteiger partial charge on any atom is -0.376 e. The molecule has 0 saturated heterocycles. The van der Waals surface area contributed by atoms with E-state index < -0.39 is 0 Å². The molecule has 0 radical (unpaired) electrons. The van der Waals surface area contributed by atoms with E-state index >= 15 is 0 Å². The van der Waals surface area contributed by atoms with Crippen molar-refractivity contribution < 1.29 is 4.74 Å². The number of fused-ring (bicyclic) bond motifs is 1. The number of pyridine rings is 1. The van der Waals surface area contributed by atoms with Crippen molar-refractivity contribution in [2.45, 2.75) is 24.9 Å². The molecule has 1 heterocycles. The van der Waals surface area contributed by atoms with E-state index in [1.165, 1.54) is 6.42 Å². The molecule has 4 heteroatoms. The Labute approximate surface area is 111 Å². The zero-order valence-corrected chi connectivity index (χ0v) is 11.0. The molecule has 1 aliphatic carbocycles. The number of ether oxygens (including phenoxy) is 1. The van der Waals surface area contributed by atoms with E-state index in [-0.39, 0.29) is 11.2 Å². The largest absolute Gasteiger partial charge is 0.376 e. The van der Waals surface area contributed by atoms with Crippen LogP contribution in [0.3, 0.4) is 0 Å². The summed E-state index contributed by atoms with van der Waals surface area (Å²) in [6, 6.07) is 9.57. The van der Waals surface area contributed by atoms with Gasteiger partial charge >= 0.3 is 0 Å². The highest BCUT2D eigenvalue weighted by Gasteiger charge is 2.36. The Balaban J connectivity index is 1.83. The van der Waals surface area contributed by atoms with Crippen LogP contribution in [-0.4, -0.2) is 24.2 Å². The Morgan fingerprint density at radius 3 is 2.84 bits per heavy atom. The summed E-state index contributed by atoms with van der Waals surface area (Å²) < 4.78 is 5.56. The lowest BCUT2D eigenvalue weighted by molar-refractivity contribution is -0.0601. The lowest BCUT2D eigenvalue weighted by atomic mass is 9.80. The van der Waals surface area contributed by atoms with Crippen molar-refractivity contribution in [3.8, 4) is 0 Å². The summed E-state index contributed by atoms with van der Waals surface area (Å²) in [6.45, 7) is 0.734. The van der Waals surface area contributed by atoms with Gasteiger partial charge < -0.3 is 15.0 Å². The quantitative estimate of drug-likeness (QED) is 0.886. The molecular weight excluding hydrogens is 240 g/mol. The van der Waals surface area contributed by atoms with Gasteiger partial charge in [0, 0.05) is 19.0 Å². The molecule has 0 unspecified atom stereocenters. The molecule has 1 saturated carbocycles. The zero-order valence-electron chi connectivity index (χ0n) is 11.0. The summed E-state index contributed by atoms with van der Waals surface area (Å²) >= 11 is 0. The highest BCUT2D eigenvalue weighted by atomic mass is 16.5.